The molecule has 3 heterocycles. The lowest BCUT2D eigenvalue weighted by Crippen LogP contribution is -1.97. The number of nitrogens with zero attached hydrogens (tertiary/aromatic N) is 3. The van der Waals surface area contributed by atoms with Crippen LogP contribution in [0.5, 0.6) is 0 Å². The predicted molar refractivity (Wildman–Crippen MR) is 184 cm³/mol. The average Bonchev–Trinajstić information content (AvgIpc) is 3.62. The molecule has 0 amide bonds. The molecule has 6 aromatic carbocycles. The van der Waals surface area contributed by atoms with Gasteiger partial charge in [0.25, 0.3) is 0 Å². The summed E-state index contributed by atoms with van der Waals surface area (Å²) < 4.78 is 4.74. The van der Waals surface area contributed by atoms with Gasteiger partial charge < -0.3 is 4.57 Å². The maximum Gasteiger partial charge on any atom is 0.137 e. The average molecular weight is 562 g/mol. The van der Waals surface area contributed by atoms with E-state index in [1.807, 2.05) is 12.3 Å². The van der Waals surface area contributed by atoms with Gasteiger partial charge in [0.15, 0.2) is 0 Å². The molecular weight excluding hydrogens is 534 g/mol. The van der Waals surface area contributed by atoms with Crippen molar-refractivity contribution in [3.05, 3.63) is 164 Å². The maximum absolute atomic E-state index is 5.00. The summed E-state index contributed by atoms with van der Waals surface area (Å²) in [4.78, 5) is 5.00. The van der Waals surface area contributed by atoms with Gasteiger partial charge in [-0.1, -0.05) is 115 Å². The topological polar surface area (TPSA) is 22.8 Å². The van der Waals surface area contributed by atoms with Crippen molar-refractivity contribution in [1.82, 2.24) is 14.1 Å². The van der Waals surface area contributed by atoms with Crippen molar-refractivity contribution in [1.29, 1.82) is 0 Å². The van der Waals surface area contributed by atoms with Gasteiger partial charge >= 0.3 is 0 Å². The molecular formula is C41H27N3. The smallest absolute Gasteiger partial charge is 0.137 e. The first kappa shape index (κ1) is 24.6. The monoisotopic (exact) mass is 561 g/mol. The zero-order chi connectivity index (χ0) is 29.0. The Kier molecular flexibility index (Phi) is 5.50. The van der Waals surface area contributed by atoms with Crippen LogP contribution < -0.4 is 0 Å². The standard InChI is InChI=1S/C41H27N3/c1-3-11-28(12-4-1)30-19-22-32(23-20-30)43-36-17-9-7-15-33(36)34-24-25-38-40(41(34)43)35-16-8-10-18-37(35)44(38)39-26-21-31(27-42-39)29-13-5-2-6-14-29/h1-27H. The number of para-hydroxylation sites is 2. The number of aromatic nitrogens is 3. The van der Waals surface area contributed by atoms with Crippen LogP contribution in [0.15, 0.2) is 164 Å². The molecule has 3 heteroatoms. The van der Waals surface area contributed by atoms with E-state index in [4.69, 9.17) is 4.98 Å². The lowest BCUT2D eigenvalue weighted by molar-refractivity contribution is 1.08. The molecule has 0 aliphatic rings. The molecule has 0 N–H and O–H groups in total. The number of hydrogen-bond donors (Lipinski definition) is 0. The molecule has 0 fully saturated rings. The molecule has 0 atom stereocenters. The van der Waals surface area contributed by atoms with E-state index < -0.39 is 0 Å². The second-order valence-corrected chi connectivity index (χ2v) is 11.2. The van der Waals surface area contributed by atoms with Gasteiger partial charge in [0.1, 0.15) is 5.82 Å². The highest BCUT2D eigenvalue weighted by Gasteiger charge is 2.21. The summed E-state index contributed by atoms with van der Waals surface area (Å²) in [5.41, 5.74) is 10.5. The van der Waals surface area contributed by atoms with Crippen LogP contribution in [0.2, 0.25) is 0 Å². The third kappa shape index (κ3) is 3.73. The van der Waals surface area contributed by atoms with Gasteiger partial charge in [-0.2, -0.15) is 0 Å². The zero-order valence-electron chi connectivity index (χ0n) is 23.9. The summed E-state index contributed by atoms with van der Waals surface area (Å²) in [5, 5.41) is 4.94. The largest absolute Gasteiger partial charge is 0.309 e. The minimum atomic E-state index is 0.908. The van der Waals surface area contributed by atoms with Crippen LogP contribution >= 0.6 is 0 Å². The van der Waals surface area contributed by atoms with Crippen LogP contribution in [-0.4, -0.2) is 14.1 Å². The second-order valence-electron chi connectivity index (χ2n) is 11.2. The van der Waals surface area contributed by atoms with Gasteiger partial charge in [-0.15, -0.1) is 0 Å². The Morgan fingerprint density at radius 3 is 1.61 bits per heavy atom. The number of benzene rings is 6. The minimum absolute atomic E-state index is 0.908. The first-order valence-electron chi connectivity index (χ1n) is 15.0. The second kappa shape index (κ2) is 9.82. The third-order valence-electron chi connectivity index (χ3n) is 8.79. The van der Waals surface area contributed by atoms with E-state index in [2.05, 4.69) is 161 Å². The van der Waals surface area contributed by atoms with E-state index in [9.17, 15) is 0 Å². The molecule has 0 aliphatic carbocycles. The summed E-state index contributed by atoms with van der Waals surface area (Å²) in [5.74, 6) is 0.908. The molecule has 3 nitrogen and oxygen atoms in total. The Morgan fingerprint density at radius 2 is 0.932 bits per heavy atom. The van der Waals surface area contributed by atoms with E-state index in [0.717, 1.165) is 28.1 Å². The predicted octanol–water partition coefficient (Wildman–Crippen LogP) is 10.6. The zero-order valence-corrected chi connectivity index (χ0v) is 23.9. The van der Waals surface area contributed by atoms with Crippen molar-refractivity contribution < 1.29 is 0 Å². The normalized spacial score (nSPS) is 11.6. The Bertz CT molecular complexity index is 2450. The van der Waals surface area contributed by atoms with Crippen LogP contribution in [-0.2, 0) is 0 Å². The van der Waals surface area contributed by atoms with Crippen LogP contribution in [0.25, 0.3) is 77.4 Å². The van der Waals surface area contributed by atoms with Crippen molar-refractivity contribution in [2.24, 2.45) is 0 Å². The molecule has 0 spiro atoms. The Morgan fingerprint density at radius 1 is 0.364 bits per heavy atom. The van der Waals surface area contributed by atoms with E-state index in [1.165, 1.54) is 49.3 Å². The SMILES string of the molecule is c1ccc(-c2ccc(-n3c4ccccc4c4ccc5c(c6ccccc6n5-c5ccc(-c6ccccc6)cn5)c43)cc2)cc1. The fourth-order valence-corrected chi connectivity index (χ4v) is 6.78. The minimum Gasteiger partial charge on any atom is -0.309 e. The van der Waals surface area contributed by atoms with Crippen molar-refractivity contribution in [3.8, 4) is 33.8 Å². The van der Waals surface area contributed by atoms with E-state index in [-0.39, 0.29) is 0 Å². The molecule has 0 unspecified atom stereocenters. The first-order chi connectivity index (χ1) is 21.8. The highest BCUT2D eigenvalue weighted by Crippen LogP contribution is 2.42. The Balaban J connectivity index is 1.32. The van der Waals surface area contributed by atoms with E-state index >= 15 is 0 Å². The molecule has 44 heavy (non-hydrogen) atoms. The van der Waals surface area contributed by atoms with Gasteiger partial charge in [0, 0.05) is 39.0 Å². The lowest BCUT2D eigenvalue weighted by atomic mass is 10.1. The van der Waals surface area contributed by atoms with Crippen LogP contribution in [0, 0.1) is 0 Å². The van der Waals surface area contributed by atoms with E-state index in [0.29, 0.717) is 0 Å². The number of pyridine rings is 1. The summed E-state index contributed by atoms with van der Waals surface area (Å²) >= 11 is 0. The van der Waals surface area contributed by atoms with Crippen LogP contribution in [0.4, 0.5) is 0 Å². The highest BCUT2D eigenvalue weighted by molar-refractivity contribution is 6.26. The van der Waals surface area contributed by atoms with Gasteiger partial charge in [0.05, 0.1) is 22.1 Å². The van der Waals surface area contributed by atoms with Gasteiger partial charge in [0.2, 0.25) is 0 Å². The quantitative estimate of drug-likeness (QED) is 0.210. The molecule has 0 bridgehead atoms. The van der Waals surface area contributed by atoms with Crippen molar-refractivity contribution in [2.45, 2.75) is 0 Å². The fraction of sp³-hybridized carbons (Fsp3) is 0. The summed E-state index contributed by atoms with van der Waals surface area (Å²) in [6, 6.07) is 56.2. The summed E-state index contributed by atoms with van der Waals surface area (Å²) in [6.45, 7) is 0. The molecule has 9 rings (SSSR count). The highest BCUT2D eigenvalue weighted by atomic mass is 15.1. The fourth-order valence-electron chi connectivity index (χ4n) is 6.78. The molecule has 0 radical (unpaired) electrons. The number of hydrogen-bond acceptors (Lipinski definition) is 1. The molecule has 0 saturated carbocycles. The molecule has 3 aromatic heterocycles. The van der Waals surface area contributed by atoms with Crippen LogP contribution in [0.3, 0.4) is 0 Å². The van der Waals surface area contributed by atoms with Crippen molar-refractivity contribution in [2.75, 3.05) is 0 Å². The first-order valence-corrected chi connectivity index (χ1v) is 15.0. The molecule has 9 aromatic rings. The molecule has 206 valence electrons. The van der Waals surface area contributed by atoms with Crippen molar-refractivity contribution >= 4 is 43.6 Å². The molecule has 0 saturated heterocycles. The Hall–Kier alpha value is -5.93. The van der Waals surface area contributed by atoms with Crippen LogP contribution in [0.1, 0.15) is 0 Å². The maximum atomic E-state index is 5.00. The summed E-state index contributed by atoms with van der Waals surface area (Å²) in [6.07, 6.45) is 1.98. The Labute approximate surface area is 254 Å². The van der Waals surface area contributed by atoms with Gasteiger partial charge in [-0.25, -0.2) is 4.98 Å². The third-order valence-corrected chi connectivity index (χ3v) is 8.79. The van der Waals surface area contributed by atoms with Crippen molar-refractivity contribution in [3.63, 3.8) is 0 Å². The lowest BCUT2D eigenvalue weighted by Gasteiger charge is -2.11. The summed E-state index contributed by atoms with van der Waals surface area (Å²) in [7, 11) is 0. The van der Waals surface area contributed by atoms with Gasteiger partial charge in [-0.05, 0) is 59.2 Å². The number of fused-ring (bicyclic) bond motifs is 7. The van der Waals surface area contributed by atoms with Gasteiger partial charge in [-0.3, -0.25) is 4.57 Å². The number of rotatable bonds is 4. The van der Waals surface area contributed by atoms with E-state index in [1.54, 1.807) is 0 Å². The molecule has 0 aliphatic heterocycles.